The second-order valence-electron chi connectivity index (χ2n) is 9.65. The van der Waals surface area contributed by atoms with Gasteiger partial charge in [-0.15, -0.1) is 0 Å². The minimum atomic E-state index is 0.892. The van der Waals surface area contributed by atoms with Gasteiger partial charge < -0.3 is 4.42 Å². The van der Waals surface area contributed by atoms with Crippen molar-refractivity contribution in [1.29, 1.82) is 0 Å². The molecule has 0 unspecified atom stereocenters. The molecule has 8 rings (SSSR count). The van der Waals surface area contributed by atoms with Crippen LogP contribution in [0.5, 0.6) is 0 Å². The van der Waals surface area contributed by atoms with Crippen molar-refractivity contribution in [2.24, 2.45) is 7.05 Å². The van der Waals surface area contributed by atoms with Crippen molar-refractivity contribution in [3.05, 3.63) is 109 Å². The summed E-state index contributed by atoms with van der Waals surface area (Å²) < 4.78 is 13.2. The van der Waals surface area contributed by atoms with Crippen LogP contribution in [0.15, 0.2) is 108 Å². The number of aromatic nitrogens is 4. The van der Waals surface area contributed by atoms with Crippen molar-refractivity contribution in [1.82, 2.24) is 14.0 Å². The first-order chi connectivity index (χ1) is 18.2. The number of imidazole rings is 2. The number of benzene rings is 4. The van der Waals surface area contributed by atoms with Crippen LogP contribution in [0.2, 0.25) is 0 Å². The van der Waals surface area contributed by atoms with Crippen molar-refractivity contribution in [2.75, 3.05) is 0 Å². The van der Waals surface area contributed by atoms with E-state index in [0.717, 1.165) is 72.3 Å². The van der Waals surface area contributed by atoms with Gasteiger partial charge >= 0.3 is 0 Å². The van der Waals surface area contributed by atoms with E-state index in [4.69, 9.17) is 9.40 Å². The van der Waals surface area contributed by atoms with Gasteiger partial charge in [0, 0.05) is 17.5 Å². The van der Waals surface area contributed by atoms with Crippen molar-refractivity contribution >= 4 is 49.8 Å². The molecule has 0 saturated heterocycles. The van der Waals surface area contributed by atoms with Crippen molar-refractivity contribution in [2.45, 2.75) is 6.92 Å². The Bertz CT molecular complexity index is 2180. The van der Waals surface area contributed by atoms with Crippen LogP contribution >= 0.6 is 0 Å². The highest BCUT2D eigenvalue weighted by Gasteiger charge is 2.25. The van der Waals surface area contributed by atoms with Crippen molar-refractivity contribution in [3.8, 4) is 16.9 Å². The maximum Gasteiger partial charge on any atom is 0.220 e. The summed E-state index contributed by atoms with van der Waals surface area (Å²) in [5.41, 5.74) is 10.6. The molecule has 0 saturated carbocycles. The van der Waals surface area contributed by atoms with Crippen LogP contribution in [0, 0.1) is 6.92 Å². The number of pyridine rings is 1. The van der Waals surface area contributed by atoms with E-state index < -0.39 is 0 Å². The fourth-order valence-electron chi connectivity index (χ4n) is 5.88. The molecule has 0 spiro atoms. The minimum absolute atomic E-state index is 0.892. The SMILES string of the molecule is Cc1cc2oc3ccccc3c2c2c1n(-c1ccccc1-c1cccc[n+]1C)c1nc3ccccc3n21. The van der Waals surface area contributed by atoms with Gasteiger partial charge in [0.05, 0.1) is 38.7 Å². The van der Waals surface area contributed by atoms with Gasteiger partial charge in [-0.25, -0.2) is 9.55 Å². The molecule has 8 aromatic rings. The normalized spacial score (nSPS) is 12.1. The molecule has 0 N–H and O–H groups in total. The van der Waals surface area contributed by atoms with Gasteiger partial charge in [0.2, 0.25) is 11.5 Å². The summed E-state index contributed by atoms with van der Waals surface area (Å²) in [7, 11) is 2.09. The molecule has 0 aliphatic carbocycles. The molecular formula is C32H23N4O+. The molecule has 37 heavy (non-hydrogen) atoms. The van der Waals surface area contributed by atoms with Crippen LogP contribution in [-0.2, 0) is 7.05 Å². The fourth-order valence-corrected chi connectivity index (χ4v) is 5.88. The fraction of sp³-hybridized carbons (Fsp3) is 0.0625. The number of hydrogen-bond acceptors (Lipinski definition) is 2. The third-order valence-corrected chi connectivity index (χ3v) is 7.47. The number of rotatable bonds is 2. The first kappa shape index (κ1) is 20.3. The average Bonchev–Trinajstić information content (AvgIpc) is 3.57. The summed E-state index contributed by atoms with van der Waals surface area (Å²) in [4.78, 5) is 5.19. The Balaban J connectivity index is 1.65. The lowest BCUT2D eigenvalue weighted by atomic mass is 10.1. The molecule has 4 heterocycles. The topological polar surface area (TPSA) is 39.2 Å². The highest BCUT2D eigenvalue weighted by atomic mass is 16.3. The molecule has 0 aliphatic rings. The molecule has 0 radical (unpaired) electrons. The van der Waals surface area contributed by atoms with E-state index in [1.807, 2.05) is 18.2 Å². The molecule has 4 aromatic carbocycles. The summed E-state index contributed by atoms with van der Waals surface area (Å²) in [6.45, 7) is 2.16. The summed E-state index contributed by atoms with van der Waals surface area (Å²) in [6.07, 6.45) is 2.09. The standard InChI is InChI=1S/C32H23N4O/c1-20-19-28-29(22-12-4-8-17-27(22)37-28)31-30(20)35(32-33-23-13-5-7-16-26(23)36(31)32)25-15-6-3-11-21(25)24-14-9-10-18-34(24)2/h3-19H,1-2H3/q+1. The van der Waals surface area contributed by atoms with Crippen LogP contribution in [0.1, 0.15) is 5.56 Å². The van der Waals surface area contributed by atoms with Crippen molar-refractivity contribution in [3.63, 3.8) is 0 Å². The zero-order valence-corrected chi connectivity index (χ0v) is 20.5. The smallest absolute Gasteiger partial charge is 0.220 e. The van der Waals surface area contributed by atoms with Gasteiger partial charge in [-0.2, -0.15) is 0 Å². The monoisotopic (exact) mass is 479 g/mol. The Morgan fingerprint density at radius 1 is 0.784 bits per heavy atom. The third kappa shape index (κ3) is 2.68. The molecule has 0 atom stereocenters. The van der Waals surface area contributed by atoms with Crippen LogP contribution in [0.3, 0.4) is 0 Å². The predicted octanol–water partition coefficient (Wildman–Crippen LogP) is 7.13. The molecule has 4 aromatic heterocycles. The number of para-hydroxylation sites is 4. The summed E-state index contributed by atoms with van der Waals surface area (Å²) in [5.74, 6) is 0.892. The van der Waals surface area contributed by atoms with E-state index in [2.05, 4.69) is 113 Å². The molecule has 5 heteroatoms. The van der Waals surface area contributed by atoms with Gasteiger partial charge in [-0.05, 0) is 55.0 Å². The highest BCUT2D eigenvalue weighted by molar-refractivity contribution is 6.19. The van der Waals surface area contributed by atoms with E-state index in [1.54, 1.807) is 0 Å². The Morgan fingerprint density at radius 3 is 2.49 bits per heavy atom. The first-order valence-electron chi connectivity index (χ1n) is 12.5. The Morgan fingerprint density at radius 2 is 1.57 bits per heavy atom. The zero-order valence-electron chi connectivity index (χ0n) is 20.5. The lowest BCUT2D eigenvalue weighted by Gasteiger charge is -2.12. The van der Waals surface area contributed by atoms with Crippen molar-refractivity contribution < 1.29 is 8.98 Å². The molecule has 0 bridgehead atoms. The third-order valence-electron chi connectivity index (χ3n) is 7.47. The summed E-state index contributed by atoms with van der Waals surface area (Å²) in [5, 5.41) is 2.23. The van der Waals surface area contributed by atoms with E-state index in [9.17, 15) is 0 Å². The van der Waals surface area contributed by atoms with Crippen LogP contribution in [0.25, 0.3) is 66.7 Å². The molecule has 0 fully saturated rings. The van der Waals surface area contributed by atoms with Gasteiger partial charge in [0.25, 0.3) is 0 Å². The Labute approximate surface area is 212 Å². The summed E-state index contributed by atoms with van der Waals surface area (Å²) >= 11 is 0. The molecule has 0 aliphatic heterocycles. The second kappa shape index (κ2) is 7.31. The van der Waals surface area contributed by atoms with Gasteiger partial charge in [-0.1, -0.05) is 42.5 Å². The number of furan rings is 1. The van der Waals surface area contributed by atoms with Gasteiger partial charge in [-0.3, -0.25) is 8.97 Å². The number of nitrogens with zero attached hydrogens (tertiary/aromatic N) is 4. The largest absolute Gasteiger partial charge is 0.456 e. The number of hydrogen-bond donors (Lipinski definition) is 0. The minimum Gasteiger partial charge on any atom is -0.456 e. The highest BCUT2D eigenvalue weighted by Crippen LogP contribution is 2.41. The summed E-state index contributed by atoms with van der Waals surface area (Å²) in [6, 6.07) is 33.7. The first-order valence-corrected chi connectivity index (χ1v) is 12.5. The Hall–Kier alpha value is -4.90. The Kier molecular flexibility index (Phi) is 4.01. The molecular weight excluding hydrogens is 456 g/mol. The maximum absolute atomic E-state index is 6.36. The molecule has 5 nitrogen and oxygen atoms in total. The average molecular weight is 480 g/mol. The number of fused-ring (bicyclic) bond motifs is 9. The van der Waals surface area contributed by atoms with Gasteiger partial charge in [0.15, 0.2) is 6.20 Å². The second-order valence-corrected chi connectivity index (χ2v) is 9.65. The maximum atomic E-state index is 6.36. The van der Waals surface area contributed by atoms with E-state index >= 15 is 0 Å². The molecule has 0 amide bonds. The zero-order chi connectivity index (χ0) is 24.7. The van der Waals surface area contributed by atoms with E-state index in [1.165, 1.54) is 0 Å². The lowest BCUT2D eigenvalue weighted by molar-refractivity contribution is -0.660. The molecule has 176 valence electrons. The van der Waals surface area contributed by atoms with E-state index in [-0.39, 0.29) is 0 Å². The number of aryl methyl sites for hydroxylation is 2. The quantitative estimate of drug-likeness (QED) is 0.247. The van der Waals surface area contributed by atoms with Crippen LogP contribution in [-0.4, -0.2) is 14.0 Å². The van der Waals surface area contributed by atoms with Gasteiger partial charge in [0.1, 0.15) is 18.2 Å². The predicted molar refractivity (Wildman–Crippen MR) is 148 cm³/mol. The lowest BCUT2D eigenvalue weighted by Crippen LogP contribution is -2.30. The van der Waals surface area contributed by atoms with Crippen LogP contribution in [0.4, 0.5) is 0 Å². The van der Waals surface area contributed by atoms with E-state index in [0.29, 0.717) is 0 Å². The van der Waals surface area contributed by atoms with Crippen LogP contribution < -0.4 is 4.57 Å².